The molecule has 2 rings (SSSR count). The highest BCUT2D eigenvalue weighted by Gasteiger charge is 2.59. The summed E-state index contributed by atoms with van der Waals surface area (Å²) >= 11 is 3.18. The Balaban J connectivity index is 2.04. The molecule has 5 nitrogen and oxygen atoms in total. The van der Waals surface area contributed by atoms with Gasteiger partial charge in [-0.2, -0.15) is 0 Å². The molecule has 0 unspecified atom stereocenters. The molecule has 1 saturated carbocycles. The molecule has 1 fully saturated rings. The molecule has 1 heterocycles. The van der Waals surface area contributed by atoms with Crippen LogP contribution in [0.2, 0.25) is 0 Å². The van der Waals surface area contributed by atoms with E-state index in [4.69, 9.17) is 9.47 Å². The largest absolute Gasteiger partial charge is 0.465 e. The topological polar surface area (TPSA) is 65.5 Å². The SMILES string of the molecule is CCOC(=O)C1(C(=O)Oc2ccc(Br)nc2)CC1. The lowest BCUT2D eigenvalue weighted by Gasteiger charge is -2.12. The summed E-state index contributed by atoms with van der Waals surface area (Å²) in [4.78, 5) is 27.5. The molecule has 0 atom stereocenters. The second-order valence-corrected chi connectivity index (χ2v) is 4.82. The van der Waals surface area contributed by atoms with Crippen molar-refractivity contribution in [1.29, 1.82) is 0 Å². The zero-order valence-electron chi connectivity index (χ0n) is 9.81. The fraction of sp³-hybridized carbons (Fsp3) is 0.417. The van der Waals surface area contributed by atoms with E-state index < -0.39 is 17.4 Å². The van der Waals surface area contributed by atoms with Crippen LogP contribution in [0.3, 0.4) is 0 Å². The van der Waals surface area contributed by atoms with E-state index in [1.54, 1.807) is 19.1 Å². The molecular weight excluding hydrogens is 302 g/mol. The summed E-state index contributed by atoms with van der Waals surface area (Å²) in [6, 6.07) is 3.27. The van der Waals surface area contributed by atoms with Gasteiger partial charge in [0.05, 0.1) is 12.8 Å². The second-order valence-electron chi connectivity index (χ2n) is 4.01. The van der Waals surface area contributed by atoms with E-state index in [-0.39, 0.29) is 6.61 Å². The van der Waals surface area contributed by atoms with Crippen LogP contribution in [0.1, 0.15) is 19.8 Å². The third-order valence-electron chi connectivity index (χ3n) is 2.72. The number of hydrogen-bond donors (Lipinski definition) is 0. The van der Waals surface area contributed by atoms with Gasteiger partial charge in [-0.1, -0.05) is 0 Å². The minimum absolute atomic E-state index is 0.258. The first-order valence-corrected chi connectivity index (χ1v) is 6.39. The first kappa shape index (κ1) is 13.0. The molecule has 0 aromatic carbocycles. The van der Waals surface area contributed by atoms with Gasteiger partial charge in [0.15, 0.2) is 5.41 Å². The van der Waals surface area contributed by atoms with Crippen molar-refractivity contribution < 1.29 is 19.1 Å². The predicted molar refractivity (Wildman–Crippen MR) is 65.9 cm³/mol. The first-order valence-electron chi connectivity index (χ1n) is 5.59. The molecule has 6 heteroatoms. The Morgan fingerprint density at radius 1 is 1.39 bits per heavy atom. The van der Waals surface area contributed by atoms with E-state index in [2.05, 4.69) is 20.9 Å². The average molecular weight is 314 g/mol. The molecule has 1 aromatic heterocycles. The molecule has 96 valence electrons. The van der Waals surface area contributed by atoms with Crippen molar-refractivity contribution in [2.75, 3.05) is 6.61 Å². The number of esters is 2. The highest BCUT2D eigenvalue weighted by atomic mass is 79.9. The van der Waals surface area contributed by atoms with Crippen molar-refractivity contribution in [1.82, 2.24) is 4.98 Å². The van der Waals surface area contributed by atoms with Crippen LogP contribution >= 0.6 is 15.9 Å². The smallest absolute Gasteiger partial charge is 0.328 e. The van der Waals surface area contributed by atoms with Crippen LogP contribution < -0.4 is 4.74 Å². The van der Waals surface area contributed by atoms with Gasteiger partial charge in [0.1, 0.15) is 10.4 Å². The van der Waals surface area contributed by atoms with Gasteiger partial charge in [0.25, 0.3) is 0 Å². The van der Waals surface area contributed by atoms with Gasteiger partial charge in [0, 0.05) is 0 Å². The lowest BCUT2D eigenvalue weighted by Crippen LogP contribution is -2.31. The minimum Gasteiger partial charge on any atom is -0.465 e. The van der Waals surface area contributed by atoms with Gasteiger partial charge < -0.3 is 9.47 Å². The Morgan fingerprint density at radius 3 is 2.61 bits per heavy atom. The summed E-state index contributed by atoms with van der Waals surface area (Å²) in [7, 11) is 0. The number of nitrogens with zero attached hydrogens (tertiary/aromatic N) is 1. The Hall–Kier alpha value is -1.43. The summed E-state index contributed by atoms with van der Waals surface area (Å²) in [5.74, 6) is -0.746. The molecule has 0 N–H and O–H groups in total. The van der Waals surface area contributed by atoms with E-state index >= 15 is 0 Å². The zero-order chi connectivity index (χ0) is 13.2. The summed E-state index contributed by atoms with van der Waals surface area (Å²) in [5.41, 5.74) is -1.09. The van der Waals surface area contributed by atoms with Crippen molar-refractivity contribution >= 4 is 27.9 Å². The average Bonchev–Trinajstić information content (AvgIpc) is 3.14. The van der Waals surface area contributed by atoms with E-state index in [1.807, 2.05) is 0 Å². The quantitative estimate of drug-likeness (QED) is 0.484. The minimum atomic E-state index is -1.09. The van der Waals surface area contributed by atoms with Gasteiger partial charge in [-0.3, -0.25) is 9.59 Å². The van der Waals surface area contributed by atoms with Gasteiger partial charge in [-0.05, 0) is 47.8 Å². The molecule has 0 radical (unpaired) electrons. The standard InChI is InChI=1S/C12H12BrNO4/c1-2-17-10(15)12(5-6-12)11(16)18-8-3-4-9(13)14-7-8/h3-4,7H,2,5-6H2,1H3. The lowest BCUT2D eigenvalue weighted by atomic mass is 10.1. The number of carbonyl (C=O) groups excluding carboxylic acids is 2. The number of halogens is 1. The van der Waals surface area contributed by atoms with Crippen LogP contribution in [0.15, 0.2) is 22.9 Å². The Kier molecular flexibility index (Phi) is 3.65. The molecule has 1 aromatic rings. The van der Waals surface area contributed by atoms with E-state index in [0.717, 1.165) is 0 Å². The van der Waals surface area contributed by atoms with E-state index in [0.29, 0.717) is 23.2 Å². The monoisotopic (exact) mass is 313 g/mol. The van der Waals surface area contributed by atoms with Gasteiger partial charge in [-0.15, -0.1) is 0 Å². The summed E-state index contributed by atoms with van der Waals surface area (Å²) in [6.07, 6.45) is 2.38. The fourth-order valence-electron chi connectivity index (χ4n) is 1.51. The number of ether oxygens (including phenoxy) is 2. The van der Waals surface area contributed by atoms with Crippen molar-refractivity contribution in [2.24, 2.45) is 5.41 Å². The lowest BCUT2D eigenvalue weighted by molar-refractivity contribution is -0.159. The Labute approximate surface area is 113 Å². The molecule has 0 amide bonds. The third kappa shape index (κ3) is 2.53. The number of pyridine rings is 1. The van der Waals surface area contributed by atoms with Crippen LogP contribution in [0, 0.1) is 5.41 Å². The molecule has 0 aliphatic heterocycles. The normalized spacial score (nSPS) is 15.9. The number of hydrogen-bond acceptors (Lipinski definition) is 5. The highest BCUT2D eigenvalue weighted by molar-refractivity contribution is 9.10. The van der Waals surface area contributed by atoms with Crippen LogP contribution in [0.4, 0.5) is 0 Å². The predicted octanol–water partition coefficient (Wildman–Crippen LogP) is 2.09. The molecule has 1 aliphatic carbocycles. The first-order chi connectivity index (χ1) is 8.58. The van der Waals surface area contributed by atoms with Crippen molar-refractivity contribution in [2.45, 2.75) is 19.8 Å². The number of aromatic nitrogens is 1. The van der Waals surface area contributed by atoms with Crippen LogP contribution in [-0.4, -0.2) is 23.5 Å². The van der Waals surface area contributed by atoms with Crippen molar-refractivity contribution in [3.63, 3.8) is 0 Å². The Morgan fingerprint density at radius 2 is 2.11 bits per heavy atom. The molecule has 0 saturated heterocycles. The molecular formula is C12H12BrNO4. The molecule has 18 heavy (non-hydrogen) atoms. The third-order valence-corrected chi connectivity index (χ3v) is 3.19. The summed E-state index contributed by atoms with van der Waals surface area (Å²) in [5, 5.41) is 0. The van der Waals surface area contributed by atoms with Crippen LogP contribution in [0.5, 0.6) is 5.75 Å². The van der Waals surface area contributed by atoms with Gasteiger partial charge >= 0.3 is 11.9 Å². The number of rotatable bonds is 4. The maximum atomic E-state index is 11.9. The van der Waals surface area contributed by atoms with Gasteiger partial charge in [0.2, 0.25) is 0 Å². The molecule has 0 spiro atoms. The van der Waals surface area contributed by atoms with Crippen molar-refractivity contribution in [3.8, 4) is 5.75 Å². The second kappa shape index (κ2) is 5.06. The van der Waals surface area contributed by atoms with Crippen LogP contribution in [-0.2, 0) is 14.3 Å². The Bertz CT molecular complexity index is 467. The maximum absolute atomic E-state index is 11.9. The highest BCUT2D eigenvalue weighted by Crippen LogP contribution is 2.48. The summed E-state index contributed by atoms with van der Waals surface area (Å²) < 4.78 is 10.7. The summed E-state index contributed by atoms with van der Waals surface area (Å²) in [6.45, 7) is 1.96. The van der Waals surface area contributed by atoms with Crippen molar-refractivity contribution in [3.05, 3.63) is 22.9 Å². The van der Waals surface area contributed by atoms with Crippen LogP contribution in [0.25, 0.3) is 0 Å². The zero-order valence-corrected chi connectivity index (χ0v) is 11.4. The van der Waals surface area contributed by atoms with E-state index in [1.165, 1.54) is 6.20 Å². The van der Waals surface area contributed by atoms with E-state index in [9.17, 15) is 9.59 Å². The maximum Gasteiger partial charge on any atom is 0.328 e. The number of carbonyl (C=O) groups is 2. The van der Waals surface area contributed by atoms with Gasteiger partial charge in [-0.25, -0.2) is 4.98 Å². The molecule has 1 aliphatic rings. The fourth-order valence-corrected chi connectivity index (χ4v) is 1.75. The molecule has 0 bridgehead atoms.